The van der Waals surface area contributed by atoms with Crippen LogP contribution in [0.2, 0.25) is 0 Å². The summed E-state index contributed by atoms with van der Waals surface area (Å²) in [5.74, 6) is 0.155. The zero-order valence-corrected chi connectivity index (χ0v) is 13.7. The summed E-state index contributed by atoms with van der Waals surface area (Å²) in [5, 5.41) is 6.89. The number of likely N-dealkylation sites (tertiary alicyclic amines) is 1. The summed E-state index contributed by atoms with van der Waals surface area (Å²) in [4.78, 5) is 14.4. The number of nitrogens with one attached hydrogen (secondary N) is 2. The van der Waals surface area contributed by atoms with Gasteiger partial charge in [-0.2, -0.15) is 0 Å². The summed E-state index contributed by atoms with van der Waals surface area (Å²) in [6.45, 7) is 2.97. The lowest BCUT2D eigenvalue weighted by molar-refractivity contribution is -0.120. The predicted molar refractivity (Wildman–Crippen MR) is 91.8 cm³/mol. The van der Waals surface area contributed by atoms with Crippen molar-refractivity contribution in [1.29, 1.82) is 0 Å². The lowest BCUT2D eigenvalue weighted by Crippen LogP contribution is -2.46. The molecule has 0 aliphatic carbocycles. The van der Waals surface area contributed by atoms with Crippen molar-refractivity contribution in [2.75, 3.05) is 38.7 Å². The number of rotatable bonds is 5. The highest BCUT2D eigenvalue weighted by Crippen LogP contribution is 2.19. The number of benzene rings is 1. The van der Waals surface area contributed by atoms with E-state index in [1.807, 2.05) is 30.3 Å². The number of hydrogen-bond donors (Lipinski definition) is 2. The van der Waals surface area contributed by atoms with Crippen molar-refractivity contribution < 1.29 is 9.53 Å². The van der Waals surface area contributed by atoms with E-state index in [0.717, 1.165) is 36.7 Å². The Morgan fingerprint density at radius 1 is 1.32 bits per heavy atom. The van der Waals surface area contributed by atoms with E-state index in [2.05, 4.69) is 15.5 Å². The highest BCUT2D eigenvalue weighted by molar-refractivity contribution is 7.80. The van der Waals surface area contributed by atoms with Crippen LogP contribution in [0.15, 0.2) is 30.3 Å². The molecule has 0 radical (unpaired) electrons. The number of nitrogens with zero attached hydrogens (tertiary/aromatic N) is 1. The Bertz CT molecular complexity index is 487. The van der Waals surface area contributed by atoms with Crippen molar-refractivity contribution in [1.82, 2.24) is 10.2 Å². The largest absolute Gasteiger partial charge is 0.383 e. The number of ether oxygens (including phenoxy) is 1. The first-order valence-electron chi connectivity index (χ1n) is 7.58. The van der Waals surface area contributed by atoms with Gasteiger partial charge < -0.3 is 20.3 Å². The van der Waals surface area contributed by atoms with Crippen LogP contribution in [0.5, 0.6) is 0 Å². The third kappa shape index (κ3) is 4.96. The first-order valence-corrected chi connectivity index (χ1v) is 7.99. The van der Waals surface area contributed by atoms with Crippen LogP contribution in [0.25, 0.3) is 0 Å². The van der Waals surface area contributed by atoms with Crippen LogP contribution in [0.1, 0.15) is 12.8 Å². The van der Waals surface area contributed by atoms with Crippen LogP contribution >= 0.6 is 12.2 Å². The normalized spacial score (nSPS) is 15.4. The van der Waals surface area contributed by atoms with E-state index >= 15 is 0 Å². The van der Waals surface area contributed by atoms with E-state index in [0.29, 0.717) is 13.2 Å². The van der Waals surface area contributed by atoms with Crippen molar-refractivity contribution in [3.05, 3.63) is 30.3 Å². The van der Waals surface area contributed by atoms with Gasteiger partial charge in [-0.05, 0) is 37.2 Å². The average Bonchev–Trinajstić information content (AvgIpc) is 2.56. The molecule has 0 unspecified atom stereocenters. The Morgan fingerprint density at radius 2 is 2.00 bits per heavy atom. The molecule has 6 heteroatoms. The lowest BCUT2D eigenvalue weighted by atomic mass is 9.96. The predicted octanol–water partition coefficient (Wildman–Crippen LogP) is 1.86. The van der Waals surface area contributed by atoms with Crippen LogP contribution < -0.4 is 10.6 Å². The maximum Gasteiger partial charge on any atom is 0.227 e. The Balaban J connectivity index is 1.74. The molecular formula is C16H23N3O2S. The molecule has 1 fully saturated rings. The van der Waals surface area contributed by atoms with Gasteiger partial charge >= 0.3 is 0 Å². The second-order valence-corrected chi connectivity index (χ2v) is 5.73. The third-order valence-electron chi connectivity index (χ3n) is 3.78. The van der Waals surface area contributed by atoms with E-state index < -0.39 is 0 Å². The number of piperidine rings is 1. The van der Waals surface area contributed by atoms with Gasteiger partial charge in [-0.3, -0.25) is 4.79 Å². The molecule has 5 nitrogen and oxygen atoms in total. The van der Waals surface area contributed by atoms with E-state index in [9.17, 15) is 4.79 Å². The van der Waals surface area contributed by atoms with Crippen LogP contribution in [0.3, 0.4) is 0 Å². The fraction of sp³-hybridized carbons (Fsp3) is 0.500. The Hall–Kier alpha value is -1.66. The number of amides is 1. The summed E-state index contributed by atoms with van der Waals surface area (Å²) in [6.07, 6.45) is 1.65. The van der Waals surface area contributed by atoms with Crippen LogP contribution in [-0.2, 0) is 9.53 Å². The summed E-state index contributed by atoms with van der Waals surface area (Å²) < 4.78 is 4.99. The van der Waals surface area contributed by atoms with E-state index in [1.165, 1.54) is 0 Å². The molecule has 0 saturated carbocycles. The Morgan fingerprint density at radius 3 is 2.64 bits per heavy atom. The minimum Gasteiger partial charge on any atom is -0.383 e. The van der Waals surface area contributed by atoms with Crippen molar-refractivity contribution in [2.45, 2.75) is 12.8 Å². The summed E-state index contributed by atoms with van der Waals surface area (Å²) in [7, 11) is 1.67. The highest BCUT2D eigenvalue weighted by Gasteiger charge is 2.25. The number of anilines is 1. The molecular weight excluding hydrogens is 298 g/mol. The standard InChI is InChI=1S/C16H23N3O2S/c1-21-12-9-17-16(22)19-10-7-13(8-11-19)15(20)18-14-5-3-2-4-6-14/h2-6,13H,7-12H2,1H3,(H,17,22)(H,18,20). The lowest BCUT2D eigenvalue weighted by Gasteiger charge is -2.33. The number of carbonyl (C=O) groups is 1. The van der Waals surface area contributed by atoms with Crippen molar-refractivity contribution in [3.63, 3.8) is 0 Å². The summed E-state index contributed by atoms with van der Waals surface area (Å²) in [6, 6.07) is 9.58. The molecule has 2 rings (SSSR count). The van der Waals surface area contributed by atoms with E-state index in [4.69, 9.17) is 17.0 Å². The summed E-state index contributed by atoms with van der Waals surface area (Å²) >= 11 is 5.36. The smallest absolute Gasteiger partial charge is 0.227 e. The molecule has 1 saturated heterocycles. The number of para-hydroxylation sites is 1. The van der Waals surface area contributed by atoms with Gasteiger partial charge in [-0.25, -0.2) is 0 Å². The fourth-order valence-electron chi connectivity index (χ4n) is 2.48. The number of methoxy groups -OCH3 is 1. The molecule has 1 heterocycles. The zero-order valence-electron chi connectivity index (χ0n) is 12.9. The average molecular weight is 321 g/mol. The molecule has 120 valence electrons. The molecule has 2 N–H and O–H groups in total. The van der Waals surface area contributed by atoms with Gasteiger partial charge in [0.1, 0.15) is 0 Å². The molecule has 0 aromatic heterocycles. The van der Waals surface area contributed by atoms with Gasteiger partial charge in [0.25, 0.3) is 0 Å². The fourth-order valence-corrected chi connectivity index (χ4v) is 2.77. The van der Waals surface area contributed by atoms with Crippen molar-refractivity contribution in [2.24, 2.45) is 5.92 Å². The second-order valence-electron chi connectivity index (χ2n) is 5.34. The monoisotopic (exact) mass is 321 g/mol. The molecule has 1 aliphatic heterocycles. The van der Waals surface area contributed by atoms with Gasteiger partial charge in [-0.1, -0.05) is 18.2 Å². The topological polar surface area (TPSA) is 53.6 Å². The van der Waals surface area contributed by atoms with E-state index in [1.54, 1.807) is 7.11 Å². The van der Waals surface area contributed by atoms with Crippen LogP contribution in [0.4, 0.5) is 5.69 Å². The van der Waals surface area contributed by atoms with Crippen molar-refractivity contribution >= 4 is 28.9 Å². The summed E-state index contributed by atoms with van der Waals surface area (Å²) in [5.41, 5.74) is 0.853. The third-order valence-corrected chi connectivity index (χ3v) is 4.18. The first-order chi connectivity index (χ1) is 10.7. The van der Waals surface area contributed by atoms with Gasteiger partial charge in [0.15, 0.2) is 5.11 Å². The Kier molecular flexibility index (Phi) is 6.61. The first kappa shape index (κ1) is 16.7. The van der Waals surface area contributed by atoms with Gasteiger partial charge in [-0.15, -0.1) is 0 Å². The molecule has 1 aromatic rings. The quantitative estimate of drug-likeness (QED) is 0.640. The molecule has 0 spiro atoms. The Labute approximate surface area is 137 Å². The number of carbonyl (C=O) groups excluding carboxylic acids is 1. The molecule has 1 aliphatic rings. The SMILES string of the molecule is COCCNC(=S)N1CCC(C(=O)Nc2ccccc2)CC1. The van der Waals surface area contributed by atoms with Crippen LogP contribution in [-0.4, -0.2) is 49.3 Å². The molecule has 22 heavy (non-hydrogen) atoms. The minimum absolute atomic E-state index is 0.0539. The van der Waals surface area contributed by atoms with E-state index in [-0.39, 0.29) is 11.8 Å². The maximum atomic E-state index is 12.3. The zero-order chi connectivity index (χ0) is 15.8. The molecule has 1 aromatic carbocycles. The number of hydrogen-bond acceptors (Lipinski definition) is 3. The van der Waals surface area contributed by atoms with Gasteiger partial charge in [0.2, 0.25) is 5.91 Å². The van der Waals surface area contributed by atoms with Gasteiger partial charge in [0.05, 0.1) is 6.61 Å². The minimum atomic E-state index is 0.0539. The molecule has 0 bridgehead atoms. The van der Waals surface area contributed by atoms with Crippen LogP contribution in [0, 0.1) is 5.92 Å². The maximum absolute atomic E-state index is 12.3. The second kappa shape index (κ2) is 8.70. The van der Waals surface area contributed by atoms with Gasteiger partial charge in [0, 0.05) is 38.3 Å². The highest BCUT2D eigenvalue weighted by atomic mass is 32.1. The molecule has 0 atom stereocenters. The molecule has 1 amide bonds. The van der Waals surface area contributed by atoms with Crippen molar-refractivity contribution in [3.8, 4) is 0 Å². The number of thiocarbonyl (C=S) groups is 1.